The van der Waals surface area contributed by atoms with Crippen LogP contribution < -0.4 is 10.6 Å². The quantitative estimate of drug-likeness (QED) is 0.653. The summed E-state index contributed by atoms with van der Waals surface area (Å²) in [6.45, 7) is 4.45. The van der Waals surface area contributed by atoms with Gasteiger partial charge in [-0.25, -0.2) is 0 Å². The third-order valence-corrected chi connectivity index (χ3v) is 4.03. The van der Waals surface area contributed by atoms with E-state index in [0.717, 1.165) is 19.4 Å². The molecule has 0 spiro atoms. The zero-order valence-corrected chi connectivity index (χ0v) is 11.7. The van der Waals surface area contributed by atoms with E-state index in [4.69, 9.17) is 0 Å². The molecule has 1 unspecified atom stereocenters. The Hall–Kier alpha value is -1.95. The van der Waals surface area contributed by atoms with Crippen LogP contribution in [-0.4, -0.2) is 22.9 Å². The number of rotatable bonds is 4. The van der Waals surface area contributed by atoms with Gasteiger partial charge in [-0.2, -0.15) is 0 Å². The summed E-state index contributed by atoms with van der Waals surface area (Å²) in [4.78, 5) is 22.9. The molecule has 1 atom stereocenters. The van der Waals surface area contributed by atoms with Crippen LogP contribution in [0.1, 0.15) is 31.7 Å². The topological polar surface area (TPSA) is 84.3 Å². The van der Waals surface area contributed by atoms with Crippen LogP contribution in [0.25, 0.3) is 0 Å². The fourth-order valence-corrected chi connectivity index (χ4v) is 2.66. The van der Waals surface area contributed by atoms with Gasteiger partial charge in [-0.1, -0.05) is 13.0 Å². The zero-order chi connectivity index (χ0) is 14.8. The number of carbonyl (C=O) groups is 1. The molecule has 0 aliphatic carbocycles. The molecule has 1 saturated heterocycles. The lowest BCUT2D eigenvalue weighted by Crippen LogP contribution is -2.50. The van der Waals surface area contributed by atoms with Crippen molar-refractivity contribution >= 4 is 17.3 Å². The Morgan fingerprint density at radius 2 is 2.30 bits per heavy atom. The summed E-state index contributed by atoms with van der Waals surface area (Å²) >= 11 is 0. The second kappa shape index (κ2) is 5.58. The lowest BCUT2D eigenvalue weighted by Gasteiger charge is -2.27. The van der Waals surface area contributed by atoms with Gasteiger partial charge in [0.1, 0.15) is 0 Å². The first kappa shape index (κ1) is 14.5. The highest BCUT2D eigenvalue weighted by Crippen LogP contribution is 2.28. The number of carbonyl (C=O) groups excluding carboxylic acids is 1. The number of nitrogens with one attached hydrogen (secondary N) is 2. The van der Waals surface area contributed by atoms with Crippen LogP contribution >= 0.6 is 0 Å². The van der Waals surface area contributed by atoms with Crippen molar-refractivity contribution in [3.8, 4) is 0 Å². The van der Waals surface area contributed by atoms with E-state index in [2.05, 4.69) is 10.6 Å². The van der Waals surface area contributed by atoms with Crippen molar-refractivity contribution in [1.29, 1.82) is 0 Å². The Labute approximate surface area is 117 Å². The number of hydrogen-bond acceptors (Lipinski definition) is 4. The third kappa shape index (κ3) is 2.51. The molecule has 1 aliphatic rings. The monoisotopic (exact) mass is 277 g/mol. The van der Waals surface area contributed by atoms with Crippen molar-refractivity contribution in [1.82, 2.24) is 5.32 Å². The molecule has 1 heterocycles. The maximum absolute atomic E-state index is 12.5. The summed E-state index contributed by atoms with van der Waals surface area (Å²) in [6.07, 6.45) is 2.46. The van der Waals surface area contributed by atoms with Gasteiger partial charge in [-0.3, -0.25) is 14.9 Å². The predicted octanol–water partition coefficient (Wildman–Crippen LogP) is 2.37. The minimum atomic E-state index is -0.545. The van der Waals surface area contributed by atoms with Gasteiger partial charge in [-0.15, -0.1) is 0 Å². The van der Waals surface area contributed by atoms with E-state index < -0.39 is 10.5 Å². The molecular formula is C14H19N3O3. The summed E-state index contributed by atoms with van der Waals surface area (Å²) in [5.74, 6) is -0.110. The van der Waals surface area contributed by atoms with Gasteiger partial charge in [-0.05, 0) is 38.8 Å². The normalized spacial score (nSPS) is 21.7. The Morgan fingerprint density at radius 1 is 1.55 bits per heavy atom. The number of amides is 1. The smallest absolute Gasteiger partial charge is 0.274 e. The molecule has 1 aromatic carbocycles. The van der Waals surface area contributed by atoms with E-state index in [0.29, 0.717) is 17.7 Å². The highest BCUT2D eigenvalue weighted by atomic mass is 16.6. The van der Waals surface area contributed by atoms with Gasteiger partial charge < -0.3 is 10.6 Å². The lowest BCUT2D eigenvalue weighted by molar-refractivity contribution is -0.385. The number of nitrogens with zero attached hydrogens (tertiary/aromatic N) is 1. The minimum Gasteiger partial charge on any atom is -0.324 e. The Balaban J connectivity index is 2.24. The molecule has 2 rings (SSSR count). The average molecular weight is 277 g/mol. The Kier molecular flexibility index (Phi) is 4.04. The van der Waals surface area contributed by atoms with Crippen LogP contribution in [-0.2, 0) is 4.79 Å². The van der Waals surface area contributed by atoms with Crippen molar-refractivity contribution in [3.05, 3.63) is 33.9 Å². The number of benzene rings is 1. The molecule has 108 valence electrons. The standard InChI is InChI=1S/C14H19N3O3/c1-3-14(8-5-9-15-14)13(18)16-11-6-4-7-12(10(11)2)17(19)20/h4,6-7,15H,3,5,8-9H2,1-2H3,(H,16,18). The van der Waals surface area contributed by atoms with Crippen molar-refractivity contribution in [2.75, 3.05) is 11.9 Å². The fourth-order valence-electron chi connectivity index (χ4n) is 2.66. The van der Waals surface area contributed by atoms with Gasteiger partial charge >= 0.3 is 0 Å². The molecule has 1 fully saturated rings. The number of nitro groups is 1. The fraction of sp³-hybridized carbons (Fsp3) is 0.500. The largest absolute Gasteiger partial charge is 0.324 e. The maximum atomic E-state index is 12.5. The van der Waals surface area contributed by atoms with E-state index in [1.165, 1.54) is 6.07 Å². The molecule has 2 N–H and O–H groups in total. The van der Waals surface area contributed by atoms with E-state index in [9.17, 15) is 14.9 Å². The van der Waals surface area contributed by atoms with Crippen LogP contribution in [0.5, 0.6) is 0 Å². The van der Waals surface area contributed by atoms with Crippen LogP contribution in [0.3, 0.4) is 0 Å². The first-order chi connectivity index (χ1) is 9.50. The molecule has 6 nitrogen and oxygen atoms in total. The van der Waals surface area contributed by atoms with Crippen molar-refractivity contribution in [2.24, 2.45) is 0 Å². The molecule has 0 aromatic heterocycles. The Morgan fingerprint density at radius 3 is 2.85 bits per heavy atom. The summed E-state index contributed by atoms with van der Waals surface area (Å²) in [7, 11) is 0. The molecule has 1 amide bonds. The first-order valence-electron chi connectivity index (χ1n) is 6.80. The molecule has 1 aliphatic heterocycles. The number of anilines is 1. The predicted molar refractivity (Wildman–Crippen MR) is 76.7 cm³/mol. The van der Waals surface area contributed by atoms with E-state index >= 15 is 0 Å². The third-order valence-electron chi connectivity index (χ3n) is 4.03. The summed E-state index contributed by atoms with van der Waals surface area (Å²) in [5.41, 5.74) is 0.463. The Bertz CT molecular complexity index is 536. The maximum Gasteiger partial charge on any atom is 0.274 e. The van der Waals surface area contributed by atoms with Crippen molar-refractivity contribution in [3.63, 3.8) is 0 Å². The molecule has 6 heteroatoms. The lowest BCUT2D eigenvalue weighted by atomic mass is 9.93. The molecule has 0 saturated carbocycles. The van der Waals surface area contributed by atoms with E-state index in [-0.39, 0.29) is 11.6 Å². The van der Waals surface area contributed by atoms with E-state index in [1.807, 2.05) is 6.92 Å². The van der Waals surface area contributed by atoms with Gasteiger partial charge in [0.15, 0.2) is 0 Å². The molecule has 0 bridgehead atoms. The van der Waals surface area contributed by atoms with Crippen LogP contribution in [0.15, 0.2) is 18.2 Å². The second-order valence-corrected chi connectivity index (χ2v) is 5.13. The number of hydrogen-bond donors (Lipinski definition) is 2. The minimum absolute atomic E-state index is 0.0210. The van der Waals surface area contributed by atoms with Crippen LogP contribution in [0, 0.1) is 17.0 Å². The summed E-state index contributed by atoms with van der Waals surface area (Å²) < 4.78 is 0. The first-order valence-corrected chi connectivity index (χ1v) is 6.80. The summed E-state index contributed by atoms with van der Waals surface area (Å²) in [5, 5.41) is 17.0. The molecule has 1 aromatic rings. The van der Waals surface area contributed by atoms with E-state index in [1.54, 1.807) is 19.1 Å². The SMILES string of the molecule is CCC1(C(=O)Nc2cccc([N+](=O)[O-])c2C)CCCN1. The van der Waals surface area contributed by atoms with Gasteiger partial charge in [0.25, 0.3) is 5.69 Å². The molecule has 0 radical (unpaired) electrons. The van der Waals surface area contributed by atoms with Gasteiger partial charge in [0, 0.05) is 6.07 Å². The average Bonchev–Trinajstić information content (AvgIpc) is 2.90. The molecule has 20 heavy (non-hydrogen) atoms. The molecular weight excluding hydrogens is 258 g/mol. The second-order valence-electron chi connectivity index (χ2n) is 5.13. The van der Waals surface area contributed by atoms with Gasteiger partial charge in [0.2, 0.25) is 5.91 Å². The highest BCUT2D eigenvalue weighted by Gasteiger charge is 2.39. The van der Waals surface area contributed by atoms with Crippen molar-refractivity contribution in [2.45, 2.75) is 38.6 Å². The zero-order valence-electron chi connectivity index (χ0n) is 11.7. The number of nitro benzene ring substituents is 1. The van der Waals surface area contributed by atoms with Crippen molar-refractivity contribution < 1.29 is 9.72 Å². The van der Waals surface area contributed by atoms with Gasteiger partial charge in [0.05, 0.1) is 21.7 Å². The highest BCUT2D eigenvalue weighted by molar-refractivity contribution is 5.99. The van der Waals surface area contributed by atoms with Crippen LogP contribution in [0.4, 0.5) is 11.4 Å². The summed E-state index contributed by atoms with van der Waals surface area (Å²) in [6, 6.07) is 4.72. The van der Waals surface area contributed by atoms with Crippen LogP contribution in [0.2, 0.25) is 0 Å².